The van der Waals surface area contributed by atoms with Crippen LogP contribution in [-0.4, -0.2) is 23.4 Å². The lowest BCUT2D eigenvalue weighted by molar-refractivity contribution is -0.123. The number of nitrogens with one attached hydrogen (secondary N) is 2. The monoisotopic (exact) mass is 417 g/mol. The molecule has 0 aliphatic carbocycles. The number of hydrogen-bond acceptors (Lipinski definition) is 4. The van der Waals surface area contributed by atoms with Gasteiger partial charge in [-0.15, -0.1) is 0 Å². The van der Waals surface area contributed by atoms with E-state index in [-0.39, 0.29) is 23.8 Å². The van der Waals surface area contributed by atoms with Crippen molar-refractivity contribution in [2.24, 2.45) is 0 Å². The van der Waals surface area contributed by atoms with E-state index in [1.165, 1.54) is 0 Å². The number of pyridine rings is 1. The van der Waals surface area contributed by atoms with Crippen LogP contribution < -0.4 is 15.4 Å². The van der Waals surface area contributed by atoms with Crippen LogP contribution in [0.2, 0.25) is 0 Å². The summed E-state index contributed by atoms with van der Waals surface area (Å²) in [6, 6.07) is 18.4. The molecule has 6 heteroatoms. The summed E-state index contributed by atoms with van der Waals surface area (Å²) in [5, 5.41) is 5.69. The van der Waals surface area contributed by atoms with E-state index in [2.05, 4.69) is 36.4 Å². The lowest BCUT2D eigenvalue weighted by Gasteiger charge is -2.22. The molecule has 2 amide bonds. The predicted molar refractivity (Wildman–Crippen MR) is 121 cm³/mol. The maximum absolute atomic E-state index is 12.2. The van der Waals surface area contributed by atoms with E-state index in [1.807, 2.05) is 36.4 Å². The van der Waals surface area contributed by atoms with Gasteiger partial charge in [0.05, 0.1) is 0 Å². The molecule has 0 fully saturated rings. The summed E-state index contributed by atoms with van der Waals surface area (Å²) in [5.74, 6) is 0.328. The zero-order chi connectivity index (χ0) is 22.3. The van der Waals surface area contributed by atoms with E-state index in [4.69, 9.17) is 4.74 Å². The molecule has 0 atom stereocenters. The van der Waals surface area contributed by atoms with Gasteiger partial charge in [0.1, 0.15) is 5.75 Å². The van der Waals surface area contributed by atoms with Crippen molar-refractivity contribution >= 4 is 17.5 Å². The molecule has 0 unspecified atom stereocenters. The minimum atomic E-state index is -0.198. The second-order valence-corrected chi connectivity index (χ2v) is 8.20. The Labute approximate surface area is 182 Å². The van der Waals surface area contributed by atoms with Gasteiger partial charge >= 0.3 is 0 Å². The van der Waals surface area contributed by atoms with Crippen molar-refractivity contribution in [2.45, 2.75) is 32.7 Å². The first-order valence-corrected chi connectivity index (χ1v) is 10.1. The summed E-state index contributed by atoms with van der Waals surface area (Å²) in [4.78, 5) is 28.3. The number of benzene rings is 2. The van der Waals surface area contributed by atoms with Gasteiger partial charge in [-0.25, -0.2) is 0 Å². The van der Waals surface area contributed by atoms with Gasteiger partial charge in [-0.3, -0.25) is 14.6 Å². The Morgan fingerprint density at radius 1 is 0.935 bits per heavy atom. The fourth-order valence-corrected chi connectivity index (χ4v) is 3.02. The number of amides is 2. The van der Waals surface area contributed by atoms with E-state index in [1.54, 1.807) is 36.7 Å². The number of rotatable bonds is 7. The molecule has 2 N–H and O–H groups in total. The minimum Gasteiger partial charge on any atom is -0.483 e. The molecule has 0 saturated heterocycles. The highest BCUT2D eigenvalue weighted by molar-refractivity contribution is 6.04. The standard InChI is InChI=1S/C25H27N3O3/c1-25(2,3)21-6-4-5-7-22(21)31-17-23(29)27-16-18-8-10-20(11-9-18)28-24(30)19-12-14-26-15-13-19/h4-15H,16-17H2,1-3H3,(H,27,29)(H,28,30). The largest absolute Gasteiger partial charge is 0.483 e. The lowest BCUT2D eigenvalue weighted by atomic mass is 9.86. The Hall–Kier alpha value is -3.67. The molecule has 3 aromatic rings. The van der Waals surface area contributed by atoms with E-state index in [0.29, 0.717) is 17.8 Å². The van der Waals surface area contributed by atoms with Crippen molar-refractivity contribution in [2.75, 3.05) is 11.9 Å². The summed E-state index contributed by atoms with van der Waals surface area (Å²) >= 11 is 0. The van der Waals surface area contributed by atoms with Crippen LogP contribution >= 0.6 is 0 Å². The van der Waals surface area contributed by atoms with Gasteiger partial charge in [-0.2, -0.15) is 0 Å². The van der Waals surface area contributed by atoms with Gasteiger partial charge < -0.3 is 15.4 Å². The second kappa shape index (κ2) is 9.89. The van der Waals surface area contributed by atoms with Crippen molar-refractivity contribution < 1.29 is 14.3 Å². The highest BCUT2D eigenvalue weighted by atomic mass is 16.5. The molecule has 0 radical (unpaired) electrons. The summed E-state index contributed by atoms with van der Waals surface area (Å²) in [6.45, 7) is 6.66. The molecular weight excluding hydrogens is 390 g/mol. The lowest BCUT2D eigenvalue weighted by Crippen LogP contribution is -2.29. The Morgan fingerprint density at radius 2 is 1.61 bits per heavy atom. The van der Waals surface area contributed by atoms with E-state index >= 15 is 0 Å². The Kier molecular flexibility index (Phi) is 7.03. The number of para-hydroxylation sites is 1. The molecular formula is C25H27N3O3. The van der Waals surface area contributed by atoms with Gasteiger partial charge in [-0.05, 0) is 46.9 Å². The fraction of sp³-hybridized carbons (Fsp3) is 0.240. The molecule has 1 aromatic heterocycles. The SMILES string of the molecule is CC(C)(C)c1ccccc1OCC(=O)NCc1ccc(NC(=O)c2ccncc2)cc1. The summed E-state index contributed by atoms with van der Waals surface area (Å²) in [6.07, 6.45) is 3.15. The zero-order valence-corrected chi connectivity index (χ0v) is 18.0. The normalized spacial score (nSPS) is 10.9. The first-order chi connectivity index (χ1) is 14.8. The number of nitrogens with zero attached hydrogens (tertiary/aromatic N) is 1. The zero-order valence-electron chi connectivity index (χ0n) is 18.0. The van der Waals surface area contributed by atoms with Crippen LogP contribution in [0.3, 0.4) is 0 Å². The van der Waals surface area contributed by atoms with Crippen molar-refractivity contribution in [1.29, 1.82) is 0 Å². The minimum absolute atomic E-state index is 0.0484. The molecule has 31 heavy (non-hydrogen) atoms. The number of carbonyl (C=O) groups excluding carboxylic acids is 2. The molecule has 0 spiro atoms. The average Bonchev–Trinajstić information content (AvgIpc) is 2.77. The molecule has 0 bridgehead atoms. The topological polar surface area (TPSA) is 80.3 Å². The molecule has 0 saturated carbocycles. The molecule has 3 rings (SSSR count). The van der Waals surface area contributed by atoms with Crippen molar-refractivity contribution in [3.05, 3.63) is 89.7 Å². The highest BCUT2D eigenvalue weighted by Gasteiger charge is 2.18. The summed E-state index contributed by atoms with van der Waals surface area (Å²) < 4.78 is 5.75. The first kappa shape index (κ1) is 22.0. The number of anilines is 1. The third-order valence-corrected chi connectivity index (χ3v) is 4.70. The maximum atomic E-state index is 12.2. The van der Waals surface area contributed by atoms with Crippen LogP contribution in [0.1, 0.15) is 42.3 Å². The number of hydrogen-bond donors (Lipinski definition) is 2. The first-order valence-electron chi connectivity index (χ1n) is 10.1. The van der Waals surface area contributed by atoms with Crippen LogP contribution in [0.15, 0.2) is 73.1 Å². The third kappa shape index (κ3) is 6.40. The number of ether oxygens (including phenoxy) is 1. The van der Waals surface area contributed by atoms with Crippen LogP contribution in [0.5, 0.6) is 5.75 Å². The molecule has 1 heterocycles. The van der Waals surface area contributed by atoms with Crippen LogP contribution in [0.25, 0.3) is 0 Å². The summed E-state index contributed by atoms with van der Waals surface area (Å²) in [7, 11) is 0. The Balaban J connectivity index is 1.48. The van der Waals surface area contributed by atoms with Gasteiger partial charge in [0.25, 0.3) is 11.8 Å². The fourth-order valence-electron chi connectivity index (χ4n) is 3.02. The third-order valence-electron chi connectivity index (χ3n) is 4.70. The molecule has 160 valence electrons. The van der Waals surface area contributed by atoms with Gasteiger partial charge in [0.15, 0.2) is 6.61 Å². The van der Waals surface area contributed by atoms with Crippen LogP contribution in [0.4, 0.5) is 5.69 Å². The average molecular weight is 418 g/mol. The molecule has 2 aromatic carbocycles. The highest BCUT2D eigenvalue weighted by Crippen LogP contribution is 2.30. The molecule has 0 aliphatic heterocycles. The van der Waals surface area contributed by atoms with Crippen molar-refractivity contribution in [3.63, 3.8) is 0 Å². The van der Waals surface area contributed by atoms with Gasteiger partial charge in [0, 0.05) is 30.2 Å². The van der Waals surface area contributed by atoms with Gasteiger partial charge in [0.2, 0.25) is 0 Å². The summed E-state index contributed by atoms with van der Waals surface area (Å²) in [5.41, 5.74) is 3.14. The van der Waals surface area contributed by atoms with Crippen LogP contribution in [-0.2, 0) is 16.8 Å². The second-order valence-electron chi connectivity index (χ2n) is 8.20. The van der Waals surface area contributed by atoms with Crippen LogP contribution in [0, 0.1) is 0 Å². The Bertz CT molecular complexity index is 1030. The quantitative estimate of drug-likeness (QED) is 0.600. The van der Waals surface area contributed by atoms with E-state index < -0.39 is 0 Å². The van der Waals surface area contributed by atoms with E-state index in [9.17, 15) is 9.59 Å². The predicted octanol–water partition coefficient (Wildman–Crippen LogP) is 4.33. The molecule has 6 nitrogen and oxygen atoms in total. The number of aromatic nitrogens is 1. The van der Waals surface area contributed by atoms with Gasteiger partial charge in [-0.1, -0.05) is 51.1 Å². The smallest absolute Gasteiger partial charge is 0.258 e. The van der Waals surface area contributed by atoms with Crippen molar-refractivity contribution in [3.8, 4) is 5.75 Å². The molecule has 0 aliphatic rings. The maximum Gasteiger partial charge on any atom is 0.258 e. The van der Waals surface area contributed by atoms with E-state index in [0.717, 1.165) is 16.9 Å². The Morgan fingerprint density at radius 3 is 2.29 bits per heavy atom. The van der Waals surface area contributed by atoms with Crippen molar-refractivity contribution in [1.82, 2.24) is 10.3 Å². The number of carbonyl (C=O) groups is 2.